The van der Waals surface area contributed by atoms with Crippen LogP contribution in [-0.4, -0.2) is 56.6 Å². The molecule has 208 valence electrons. The van der Waals surface area contributed by atoms with Crippen molar-refractivity contribution in [3.8, 4) is 17.2 Å². The Morgan fingerprint density at radius 2 is 1.77 bits per heavy atom. The van der Waals surface area contributed by atoms with Gasteiger partial charge in [-0.1, -0.05) is 49.1 Å². The topological polar surface area (TPSA) is 66.5 Å². The number of hydrogen-bond acceptors (Lipinski definition) is 6. The molecule has 3 aromatic carbocycles. The first-order valence-electron chi connectivity index (χ1n) is 13.3. The van der Waals surface area contributed by atoms with Crippen molar-refractivity contribution < 1.29 is 28.5 Å². The van der Waals surface area contributed by atoms with Crippen LogP contribution in [0.25, 0.3) is 10.8 Å². The van der Waals surface area contributed by atoms with Crippen LogP contribution in [0, 0.1) is 0 Å². The van der Waals surface area contributed by atoms with Crippen LogP contribution in [0.4, 0.5) is 4.79 Å². The Kier molecular flexibility index (Phi) is 9.02. The summed E-state index contributed by atoms with van der Waals surface area (Å²) in [6.07, 6.45) is 1.89. The number of carbonyl (C=O) groups excluding carboxylic acids is 1. The molecule has 1 heterocycles. The van der Waals surface area contributed by atoms with Crippen molar-refractivity contribution in [2.24, 2.45) is 0 Å². The van der Waals surface area contributed by atoms with Gasteiger partial charge in [-0.05, 0) is 51.0 Å². The highest BCUT2D eigenvalue weighted by Gasteiger charge is 2.35. The molecule has 1 fully saturated rings. The van der Waals surface area contributed by atoms with E-state index in [1.165, 1.54) is 0 Å². The number of hydrogen-bond donors (Lipinski definition) is 0. The lowest BCUT2D eigenvalue weighted by Gasteiger charge is -2.39. The quantitative estimate of drug-likeness (QED) is 0.284. The summed E-state index contributed by atoms with van der Waals surface area (Å²) in [5.74, 6) is 2.39. The van der Waals surface area contributed by atoms with E-state index in [1.807, 2.05) is 63.2 Å². The molecule has 1 aliphatic rings. The highest BCUT2D eigenvalue weighted by atomic mass is 16.6. The summed E-state index contributed by atoms with van der Waals surface area (Å²) >= 11 is 0. The van der Waals surface area contributed by atoms with Gasteiger partial charge in [-0.3, -0.25) is 0 Å². The van der Waals surface area contributed by atoms with Gasteiger partial charge >= 0.3 is 6.09 Å². The average Bonchev–Trinajstić information content (AvgIpc) is 2.93. The van der Waals surface area contributed by atoms with Gasteiger partial charge in [0.1, 0.15) is 29.5 Å². The maximum absolute atomic E-state index is 12.9. The third-order valence-corrected chi connectivity index (χ3v) is 6.80. The first-order chi connectivity index (χ1) is 18.7. The number of rotatable bonds is 9. The molecule has 2 unspecified atom stereocenters. The Bertz CT molecular complexity index is 1280. The van der Waals surface area contributed by atoms with Crippen molar-refractivity contribution in [3.05, 3.63) is 78.4 Å². The highest BCUT2D eigenvalue weighted by molar-refractivity contribution is 5.94. The number of amides is 1. The number of fused-ring (bicyclic) bond motifs is 1. The summed E-state index contributed by atoms with van der Waals surface area (Å²) in [6.45, 7) is 11.1. The van der Waals surface area contributed by atoms with E-state index >= 15 is 0 Å². The van der Waals surface area contributed by atoms with Gasteiger partial charge < -0.3 is 28.6 Å². The lowest BCUT2D eigenvalue weighted by atomic mass is 9.87. The Morgan fingerprint density at radius 1 is 1.05 bits per heavy atom. The number of ether oxygens (including phenoxy) is 5. The van der Waals surface area contributed by atoms with Crippen LogP contribution in [0.5, 0.6) is 17.2 Å². The van der Waals surface area contributed by atoms with E-state index in [-0.39, 0.29) is 18.1 Å². The summed E-state index contributed by atoms with van der Waals surface area (Å²) < 4.78 is 29.4. The second-order valence-corrected chi connectivity index (χ2v) is 10.7. The van der Waals surface area contributed by atoms with Gasteiger partial charge in [-0.2, -0.15) is 0 Å². The fourth-order valence-corrected chi connectivity index (χ4v) is 5.01. The Balaban J connectivity index is 1.60. The lowest BCUT2D eigenvalue weighted by Crippen LogP contribution is -2.48. The molecular formula is C32H39NO6. The third kappa shape index (κ3) is 6.84. The molecule has 1 aliphatic heterocycles. The fraction of sp³-hybridized carbons (Fsp3) is 0.406. The molecule has 7 nitrogen and oxygen atoms in total. The minimum atomic E-state index is -0.569. The number of benzene rings is 3. The number of carbonyl (C=O) groups is 1. The summed E-state index contributed by atoms with van der Waals surface area (Å²) in [6, 6.07) is 18.0. The van der Waals surface area contributed by atoms with Crippen molar-refractivity contribution in [1.82, 2.24) is 4.90 Å². The monoisotopic (exact) mass is 533 g/mol. The molecule has 0 aliphatic carbocycles. The second-order valence-electron chi connectivity index (χ2n) is 10.7. The third-order valence-electron chi connectivity index (χ3n) is 6.80. The molecule has 39 heavy (non-hydrogen) atoms. The van der Waals surface area contributed by atoms with Gasteiger partial charge in [0, 0.05) is 28.8 Å². The van der Waals surface area contributed by atoms with E-state index in [4.69, 9.17) is 23.7 Å². The van der Waals surface area contributed by atoms with Crippen LogP contribution in [0.15, 0.2) is 67.3 Å². The predicted octanol–water partition coefficient (Wildman–Crippen LogP) is 6.73. The number of likely N-dealkylation sites (tertiary alicyclic amines) is 1. The van der Waals surface area contributed by atoms with Crippen molar-refractivity contribution in [3.63, 3.8) is 0 Å². The minimum absolute atomic E-state index is 0.0884. The lowest BCUT2D eigenvalue weighted by molar-refractivity contribution is -0.0363. The van der Waals surface area contributed by atoms with Crippen molar-refractivity contribution >= 4 is 16.9 Å². The molecule has 2 atom stereocenters. The van der Waals surface area contributed by atoms with Gasteiger partial charge in [-0.15, -0.1) is 0 Å². The van der Waals surface area contributed by atoms with Crippen LogP contribution >= 0.6 is 0 Å². The van der Waals surface area contributed by atoms with E-state index < -0.39 is 5.60 Å². The van der Waals surface area contributed by atoms with E-state index in [2.05, 4.69) is 18.7 Å². The molecular weight excluding hydrogens is 494 g/mol. The Hall–Kier alpha value is -3.71. The largest absolute Gasteiger partial charge is 0.496 e. The molecule has 1 amide bonds. The van der Waals surface area contributed by atoms with Crippen LogP contribution in [0.1, 0.15) is 44.2 Å². The zero-order valence-corrected chi connectivity index (χ0v) is 23.6. The van der Waals surface area contributed by atoms with Crippen LogP contribution < -0.4 is 14.2 Å². The average molecular weight is 534 g/mol. The van der Waals surface area contributed by atoms with Crippen molar-refractivity contribution in [2.75, 3.05) is 33.9 Å². The van der Waals surface area contributed by atoms with E-state index in [1.54, 1.807) is 25.2 Å². The smallest absolute Gasteiger partial charge is 0.410 e. The zero-order valence-electron chi connectivity index (χ0n) is 23.6. The second kappa shape index (κ2) is 12.4. The zero-order chi connectivity index (χ0) is 28.0. The maximum Gasteiger partial charge on any atom is 0.410 e. The van der Waals surface area contributed by atoms with Crippen molar-refractivity contribution in [1.29, 1.82) is 0 Å². The van der Waals surface area contributed by atoms with E-state index in [9.17, 15) is 4.79 Å². The molecule has 7 heteroatoms. The van der Waals surface area contributed by atoms with Crippen molar-refractivity contribution in [2.45, 2.75) is 51.4 Å². The SMILES string of the molecule is C=CCOc1ccc(C2CCN(C(=O)OC(C)(C)C)CC2OCc2cc(OC)c3ccccc3c2OC)cc1. The molecule has 0 aromatic heterocycles. The number of nitrogens with zero attached hydrogens (tertiary/aromatic N) is 1. The van der Waals surface area contributed by atoms with Gasteiger partial charge in [0.25, 0.3) is 0 Å². The maximum atomic E-state index is 12.9. The normalized spacial score (nSPS) is 17.5. The molecule has 0 N–H and O–H groups in total. The summed E-state index contributed by atoms with van der Waals surface area (Å²) in [4.78, 5) is 14.7. The highest BCUT2D eigenvalue weighted by Crippen LogP contribution is 2.38. The molecule has 0 spiro atoms. The van der Waals surface area contributed by atoms with Crippen LogP contribution in [0.3, 0.4) is 0 Å². The summed E-state index contributed by atoms with van der Waals surface area (Å²) in [5.41, 5.74) is 1.45. The van der Waals surface area contributed by atoms with Crippen LogP contribution in [0.2, 0.25) is 0 Å². The Labute approximate surface area is 231 Å². The summed E-state index contributed by atoms with van der Waals surface area (Å²) in [7, 11) is 3.33. The summed E-state index contributed by atoms with van der Waals surface area (Å²) in [5, 5.41) is 1.94. The molecule has 1 saturated heterocycles. The van der Waals surface area contributed by atoms with Gasteiger partial charge in [-0.25, -0.2) is 4.79 Å². The molecule has 4 rings (SSSR count). The van der Waals surface area contributed by atoms with Gasteiger partial charge in [0.05, 0.1) is 33.5 Å². The molecule has 0 radical (unpaired) electrons. The van der Waals surface area contributed by atoms with Gasteiger partial charge in [0.15, 0.2) is 0 Å². The number of piperidine rings is 1. The predicted molar refractivity (Wildman–Crippen MR) is 153 cm³/mol. The first kappa shape index (κ1) is 28.3. The standard InChI is InChI=1S/C32H39NO6/c1-7-18-37-24-14-12-22(13-15-24)25-16-17-33(31(34)39-32(2,3)4)20-29(25)38-21-23-19-28(35-5)26-10-8-9-11-27(26)30(23)36-6/h7-15,19,25,29H,1,16-18,20-21H2,2-6H3. The number of methoxy groups -OCH3 is 2. The molecule has 0 saturated carbocycles. The van der Waals surface area contributed by atoms with Gasteiger partial charge in [0.2, 0.25) is 0 Å². The van der Waals surface area contributed by atoms with Crippen LogP contribution in [-0.2, 0) is 16.1 Å². The Morgan fingerprint density at radius 3 is 2.41 bits per heavy atom. The van der Waals surface area contributed by atoms with E-state index in [0.29, 0.717) is 26.3 Å². The first-order valence-corrected chi connectivity index (χ1v) is 13.3. The fourth-order valence-electron chi connectivity index (χ4n) is 5.01. The molecule has 0 bridgehead atoms. The van der Waals surface area contributed by atoms with E-state index in [0.717, 1.165) is 45.6 Å². The minimum Gasteiger partial charge on any atom is -0.496 e. The molecule has 3 aromatic rings.